The number of benzene rings is 1. The maximum Gasteiger partial charge on any atom is 0.340 e. The van der Waals surface area contributed by atoms with Crippen molar-refractivity contribution in [3.63, 3.8) is 0 Å². The highest BCUT2D eigenvalue weighted by atomic mass is 32.1. The van der Waals surface area contributed by atoms with Gasteiger partial charge in [0.05, 0.1) is 12.7 Å². The number of methoxy groups -OCH3 is 1. The van der Waals surface area contributed by atoms with Crippen molar-refractivity contribution in [2.75, 3.05) is 12.4 Å². The van der Waals surface area contributed by atoms with E-state index in [1.165, 1.54) is 18.4 Å². The van der Waals surface area contributed by atoms with E-state index in [1.807, 2.05) is 24.3 Å². The summed E-state index contributed by atoms with van der Waals surface area (Å²) in [5.41, 5.74) is 1.46. The van der Waals surface area contributed by atoms with Gasteiger partial charge in [0, 0.05) is 0 Å². The van der Waals surface area contributed by atoms with Gasteiger partial charge in [0.15, 0.2) is 6.10 Å². The topological polar surface area (TPSA) is 64.6 Å². The van der Waals surface area contributed by atoms with Gasteiger partial charge in [-0.25, -0.2) is 4.79 Å². The van der Waals surface area contributed by atoms with Crippen molar-refractivity contribution in [3.8, 4) is 5.75 Å². The third-order valence-electron chi connectivity index (χ3n) is 3.69. The normalized spacial score (nSPS) is 12.4. The zero-order valence-electron chi connectivity index (χ0n) is 15.1. The Morgan fingerprint density at radius 1 is 1.20 bits per heavy atom. The molecule has 0 aliphatic heterocycles. The lowest BCUT2D eigenvalue weighted by atomic mass is 9.87. The molecular formula is C19H23NO4S. The average Bonchev–Trinajstić information content (AvgIpc) is 3.01. The van der Waals surface area contributed by atoms with Crippen LogP contribution in [-0.2, 0) is 14.9 Å². The van der Waals surface area contributed by atoms with E-state index >= 15 is 0 Å². The highest BCUT2D eigenvalue weighted by molar-refractivity contribution is 7.14. The van der Waals surface area contributed by atoms with Crippen molar-refractivity contribution < 1.29 is 19.1 Å². The molecule has 25 heavy (non-hydrogen) atoms. The van der Waals surface area contributed by atoms with Crippen LogP contribution < -0.4 is 10.1 Å². The van der Waals surface area contributed by atoms with Crippen LogP contribution in [0, 0.1) is 0 Å². The Morgan fingerprint density at radius 2 is 1.92 bits per heavy atom. The van der Waals surface area contributed by atoms with Gasteiger partial charge in [0.25, 0.3) is 5.91 Å². The molecule has 1 amide bonds. The number of anilines is 1. The fraction of sp³-hybridized carbons (Fsp3) is 0.368. The van der Waals surface area contributed by atoms with Crippen molar-refractivity contribution in [2.24, 2.45) is 0 Å². The number of amides is 1. The van der Waals surface area contributed by atoms with E-state index in [2.05, 4.69) is 26.1 Å². The van der Waals surface area contributed by atoms with Crippen molar-refractivity contribution in [1.82, 2.24) is 0 Å². The van der Waals surface area contributed by atoms with Crippen LogP contribution in [0.3, 0.4) is 0 Å². The fourth-order valence-corrected chi connectivity index (χ4v) is 2.96. The molecule has 1 N–H and O–H groups in total. The summed E-state index contributed by atoms with van der Waals surface area (Å²) in [5.74, 6) is -0.175. The number of nitrogens with one attached hydrogen (secondary N) is 1. The largest absolute Gasteiger partial charge is 0.481 e. The summed E-state index contributed by atoms with van der Waals surface area (Å²) in [4.78, 5) is 24.0. The van der Waals surface area contributed by atoms with E-state index in [9.17, 15) is 9.59 Å². The summed E-state index contributed by atoms with van der Waals surface area (Å²) >= 11 is 1.26. The molecule has 6 heteroatoms. The Balaban J connectivity index is 2.06. The number of hydrogen-bond acceptors (Lipinski definition) is 5. The summed E-state index contributed by atoms with van der Waals surface area (Å²) < 4.78 is 10.5. The summed E-state index contributed by atoms with van der Waals surface area (Å²) in [6.45, 7) is 8.03. The minimum atomic E-state index is -0.706. The molecule has 0 saturated carbocycles. The number of ether oxygens (including phenoxy) is 2. The lowest BCUT2D eigenvalue weighted by molar-refractivity contribution is -0.122. The van der Waals surface area contributed by atoms with Gasteiger partial charge in [-0.1, -0.05) is 32.9 Å². The summed E-state index contributed by atoms with van der Waals surface area (Å²) in [5, 5.41) is 4.90. The molecule has 1 heterocycles. The lowest BCUT2D eigenvalue weighted by Crippen LogP contribution is -2.30. The van der Waals surface area contributed by atoms with Crippen LogP contribution in [0.15, 0.2) is 35.7 Å². The maximum absolute atomic E-state index is 12.4. The van der Waals surface area contributed by atoms with Crippen molar-refractivity contribution in [2.45, 2.75) is 39.2 Å². The Morgan fingerprint density at radius 3 is 2.56 bits per heavy atom. The second kappa shape index (κ2) is 7.70. The smallest absolute Gasteiger partial charge is 0.340 e. The Bertz CT molecular complexity index is 761. The Kier molecular flexibility index (Phi) is 5.85. The first-order chi connectivity index (χ1) is 11.7. The van der Waals surface area contributed by atoms with Crippen LogP contribution in [0.25, 0.3) is 0 Å². The van der Waals surface area contributed by atoms with Crippen LogP contribution in [0.4, 0.5) is 5.00 Å². The molecule has 1 unspecified atom stereocenters. The first kappa shape index (κ1) is 19.0. The van der Waals surface area contributed by atoms with Crippen LogP contribution in [0.1, 0.15) is 43.6 Å². The van der Waals surface area contributed by atoms with E-state index in [4.69, 9.17) is 9.47 Å². The molecule has 2 rings (SSSR count). The Labute approximate surface area is 152 Å². The predicted octanol–water partition coefficient (Wildman–Crippen LogP) is 4.24. The molecule has 0 aliphatic carbocycles. The molecule has 5 nitrogen and oxygen atoms in total. The second-order valence-electron chi connectivity index (χ2n) is 6.68. The first-order valence-corrected chi connectivity index (χ1v) is 8.84. The van der Waals surface area contributed by atoms with Crippen molar-refractivity contribution in [1.29, 1.82) is 0 Å². The van der Waals surface area contributed by atoms with Crippen LogP contribution in [0.2, 0.25) is 0 Å². The molecule has 0 aliphatic rings. The van der Waals surface area contributed by atoms with Gasteiger partial charge in [-0.05, 0) is 41.5 Å². The standard InChI is InChI=1S/C19H23NO4S/c1-12(24-14-8-6-7-13(11-14)19(2,3)4)16(21)20-17-15(9-10-25-17)18(22)23-5/h6-12H,1-5H3,(H,20,21). The molecule has 2 aromatic rings. The number of carbonyl (C=O) groups is 2. The highest BCUT2D eigenvalue weighted by Gasteiger charge is 2.21. The fourth-order valence-electron chi connectivity index (χ4n) is 2.18. The number of esters is 1. The molecule has 0 fully saturated rings. The zero-order valence-corrected chi connectivity index (χ0v) is 15.9. The van der Waals surface area contributed by atoms with Crippen molar-refractivity contribution in [3.05, 3.63) is 46.8 Å². The van der Waals surface area contributed by atoms with Gasteiger partial charge in [-0.3, -0.25) is 4.79 Å². The summed E-state index contributed by atoms with van der Waals surface area (Å²) in [6, 6.07) is 9.32. The third kappa shape index (κ3) is 4.82. The van der Waals surface area contributed by atoms with Crippen LogP contribution in [0.5, 0.6) is 5.75 Å². The predicted molar refractivity (Wildman–Crippen MR) is 99.5 cm³/mol. The molecule has 1 atom stereocenters. The summed E-state index contributed by atoms with van der Waals surface area (Å²) in [6.07, 6.45) is -0.706. The minimum Gasteiger partial charge on any atom is -0.481 e. The van der Waals surface area contributed by atoms with Crippen molar-refractivity contribution >= 4 is 28.2 Å². The SMILES string of the molecule is COC(=O)c1ccsc1NC(=O)C(C)Oc1cccc(C(C)(C)C)c1. The summed E-state index contributed by atoms with van der Waals surface area (Å²) in [7, 11) is 1.31. The number of carbonyl (C=O) groups excluding carboxylic acids is 2. The van der Waals surface area contributed by atoms with Crippen LogP contribution in [-0.4, -0.2) is 25.1 Å². The van der Waals surface area contributed by atoms with Gasteiger partial charge < -0.3 is 14.8 Å². The molecule has 1 aromatic heterocycles. The van der Waals surface area contributed by atoms with Gasteiger partial charge in [0.1, 0.15) is 10.8 Å². The molecular weight excluding hydrogens is 338 g/mol. The van der Waals surface area contributed by atoms with E-state index in [0.717, 1.165) is 5.56 Å². The number of thiophene rings is 1. The van der Waals surface area contributed by atoms with Gasteiger partial charge in [-0.15, -0.1) is 11.3 Å². The molecule has 0 saturated heterocycles. The van der Waals surface area contributed by atoms with Gasteiger partial charge in [-0.2, -0.15) is 0 Å². The van der Waals surface area contributed by atoms with Crippen LogP contribution >= 0.6 is 11.3 Å². The zero-order chi connectivity index (χ0) is 18.6. The molecule has 1 aromatic carbocycles. The van der Waals surface area contributed by atoms with E-state index < -0.39 is 12.1 Å². The first-order valence-electron chi connectivity index (χ1n) is 7.96. The van der Waals surface area contributed by atoms with E-state index in [0.29, 0.717) is 16.3 Å². The Hall–Kier alpha value is -2.34. The van der Waals surface area contributed by atoms with E-state index in [1.54, 1.807) is 18.4 Å². The minimum absolute atomic E-state index is 0.00273. The number of hydrogen-bond donors (Lipinski definition) is 1. The average molecular weight is 361 g/mol. The van der Waals surface area contributed by atoms with E-state index in [-0.39, 0.29) is 11.3 Å². The third-order valence-corrected chi connectivity index (χ3v) is 4.52. The van der Waals surface area contributed by atoms with Gasteiger partial charge >= 0.3 is 5.97 Å². The highest BCUT2D eigenvalue weighted by Crippen LogP contribution is 2.27. The number of rotatable bonds is 5. The lowest BCUT2D eigenvalue weighted by Gasteiger charge is -2.21. The maximum atomic E-state index is 12.4. The molecule has 134 valence electrons. The second-order valence-corrected chi connectivity index (χ2v) is 7.60. The monoisotopic (exact) mass is 361 g/mol. The van der Waals surface area contributed by atoms with Gasteiger partial charge in [0.2, 0.25) is 0 Å². The molecule has 0 radical (unpaired) electrons. The molecule has 0 spiro atoms. The quantitative estimate of drug-likeness (QED) is 0.809. The molecule has 0 bridgehead atoms.